The van der Waals surface area contributed by atoms with Gasteiger partial charge in [-0.2, -0.15) is 0 Å². The number of nitrogens with zero attached hydrogens (tertiary/aromatic N) is 2. The van der Waals surface area contributed by atoms with Crippen molar-refractivity contribution in [2.75, 3.05) is 0 Å². The first kappa shape index (κ1) is 16.6. The summed E-state index contributed by atoms with van der Waals surface area (Å²) in [5.74, 6) is 0. The molecule has 5 heteroatoms. The van der Waals surface area contributed by atoms with E-state index in [1.165, 1.54) is 35.0 Å². The molecular formula is C23H23N3OS. The Morgan fingerprint density at radius 1 is 1.07 bits per heavy atom. The lowest BCUT2D eigenvalue weighted by molar-refractivity contribution is 0.503. The summed E-state index contributed by atoms with van der Waals surface area (Å²) in [5, 5.41) is 6.19. The Bertz CT molecular complexity index is 1280. The molecule has 2 aromatic carbocycles. The molecule has 1 saturated heterocycles. The fraction of sp³-hybridized carbons (Fsp3) is 0.304. The molecule has 0 spiro atoms. The largest absolute Gasteiger partial charge is 0.347 e. The molecule has 4 nitrogen and oxygen atoms in total. The van der Waals surface area contributed by atoms with Crippen LogP contribution in [0, 0.1) is 6.92 Å². The van der Waals surface area contributed by atoms with Crippen LogP contribution in [-0.2, 0) is 24.5 Å². The normalized spacial score (nSPS) is 22.1. The second-order valence-corrected chi connectivity index (χ2v) is 9.56. The van der Waals surface area contributed by atoms with Crippen LogP contribution in [0.3, 0.4) is 0 Å². The van der Waals surface area contributed by atoms with Gasteiger partial charge in [0.25, 0.3) is 0 Å². The molecule has 3 unspecified atom stereocenters. The van der Waals surface area contributed by atoms with Gasteiger partial charge >= 0.3 is 0 Å². The molecule has 1 fully saturated rings. The quantitative estimate of drug-likeness (QED) is 0.553. The van der Waals surface area contributed by atoms with Gasteiger partial charge in [0, 0.05) is 53.7 Å². The van der Waals surface area contributed by atoms with Crippen LogP contribution < -0.4 is 5.32 Å². The maximum Gasteiger partial charge on any atom is 0.157 e. The number of aryl methyl sites for hydroxylation is 2. The first-order valence-corrected chi connectivity index (χ1v) is 11.1. The number of rotatable bonds is 2. The standard InChI is InChI=1S/C23H23N3OS/c1-14-13-26(21-6-4-3-5-17(14)21)28(27)16-8-10-20-18(12-16)23-19-9-7-15(24-19)11-22(23)25(20)2/h3-6,8,10,12-13,15,19,24H,7,9,11H2,1-2H3. The molecule has 2 aliphatic heterocycles. The third-order valence-corrected chi connectivity index (χ3v) is 7.94. The second-order valence-electron chi connectivity index (χ2n) is 8.20. The highest BCUT2D eigenvalue weighted by molar-refractivity contribution is 7.83. The number of nitrogens with one attached hydrogen (secondary N) is 1. The Morgan fingerprint density at radius 2 is 1.93 bits per heavy atom. The van der Waals surface area contributed by atoms with Gasteiger partial charge in [0.1, 0.15) is 0 Å². The van der Waals surface area contributed by atoms with Crippen LogP contribution in [0.5, 0.6) is 0 Å². The van der Waals surface area contributed by atoms with Gasteiger partial charge in [0.05, 0.1) is 10.4 Å². The minimum atomic E-state index is -1.26. The summed E-state index contributed by atoms with van der Waals surface area (Å²) in [6, 6.07) is 15.6. The third kappa shape index (κ3) is 2.17. The van der Waals surface area contributed by atoms with Crippen molar-refractivity contribution in [3.05, 3.63) is 65.5 Å². The van der Waals surface area contributed by atoms with Crippen molar-refractivity contribution in [2.24, 2.45) is 7.05 Å². The van der Waals surface area contributed by atoms with Crippen molar-refractivity contribution in [2.45, 2.75) is 43.2 Å². The number of para-hydroxylation sites is 1. The summed E-state index contributed by atoms with van der Waals surface area (Å²) in [7, 11) is 0.908. The Labute approximate surface area is 166 Å². The molecule has 2 aromatic heterocycles. The molecule has 4 heterocycles. The van der Waals surface area contributed by atoms with Crippen molar-refractivity contribution in [3.63, 3.8) is 0 Å². The lowest BCUT2D eigenvalue weighted by Crippen LogP contribution is -2.32. The molecule has 0 aliphatic carbocycles. The monoisotopic (exact) mass is 389 g/mol. The van der Waals surface area contributed by atoms with E-state index in [4.69, 9.17) is 0 Å². The van der Waals surface area contributed by atoms with Gasteiger partial charge in [-0.25, -0.2) is 4.21 Å². The first-order chi connectivity index (χ1) is 13.6. The third-order valence-electron chi connectivity index (χ3n) is 6.62. The van der Waals surface area contributed by atoms with E-state index in [2.05, 4.69) is 42.1 Å². The summed E-state index contributed by atoms with van der Waals surface area (Å²) in [4.78, 5) is 0.863. The molecule has 0 radical (unpaired) electrons. The van der Waals surface area contributed by atoms with E-state index in [-0.39, 0.29) is 0 Å². The van der Waals surface area contributed by atoms with Crippen LogP contribution in [0.15, 0.2) is 53.6 Å². The molecule has 0 amide bonds. The molecule has 2 bridgehead atoms. The van der Waals surface area contributed by atoms with E-state index >= 15 is 0 Å². The molecule has 3 atom stereocenters. The number of aromatic nitrogens is 2. The summed E-state index contributed by atoms with van der Waals surface area (Å²) in [6.07, 6.45) is 5.55. The van der Waals surface area contributed by atoms with Crippen molar-refractivity contribution in [3.8, 4) is 0 Å². The zero-order chi connectivity index (χ0) is 19.0. The van der Waals surface area contributed by atoms with Crippen molar-refractivity contribution >= 4 is 32.8 Å². The van der Waals surface area contributed by atoms with E-state index in [1.54, 1.807) is 0 Å². The van der Waals surface area contributed by atoms with Crippen LogP contribution in [0.1, 0.15) is 35.7 Å². The predicted octanol–water partition coefficient (Wildman–Crippen LogP) is 4.36. The summed E-state index contributed by atoms with van der Waals surface area (Å²) >= 11 is 0. The molecule has 28 heavy (non-hydrogen) atoms. The van der Waals surface area contributed by atoms with Gasteiger partial charge in [0.15, 0.2) is 11.0 Å². The van der Waals surface area contributed by atoms with Crippen LogP contribution in [0.25, 0.3) is 21.8 Å². The van der Waals surface area contributed by atoms with Gasteiger partial charge in [-0.3, -0.25) is 3.97 Å². The number of hydrogen-bond acceptors (Lipinski definition) is 2. The SMILES string of the molecule is Cc1cn(S(=O)c2ccc3c(c2)c2c(n3C)CC3CCC2N3)c2ccccc12. The second kappa shape index (κ2) is 5.82. The average Bonchev–Trinajstić information content (AvgIpc) is 3.35. The van der Waals surface area contributed by atoms with Gasteiger partial charge in [0.2, 0.25) is 0 Å². The van der Waals surface area contributed by atoms with E-state index in [0.29, 0.717) is 12.1 Å². The fourth-order valence-electron chi connectivity index (χ4n) is 5.26. The molecule has 4 aromatic rings. The number of benzene rings is 2. The zero-order valence-corrected chi connectivity index (χ0v) is 16.9. The highest BCUT2D eigenvalue weighted by Crippen LogP contribution is 2.42. The smallest absolute Gasteiger partial charge is 0.157 e. The van der Waals surface area contributed by atoms with Crippen molar-refractivity contribution in [1.82, 2.24) is 13.9 Å². The predicted molar refractivity (Wildman–Crippen MR) is 114 cm³/mol. The minimum absolute atomic E-state index is 0.441. The average molecular weight is 390 g/mol. The van der Waals surface area contributed by atoms with E-state index in [1.807, 2.05) is 34.4 Å². The number of fused-ring (bicyclic) bond motifs is 7. The molecule has 6 rings (SSSR count). The summed E-state index contributed by atoms with van der Waals surface area (Å²) in [5.41, 5.74) is 6.30. The molecule has 142 valence electrons. The first-order valence-electron chi connectivity index (χ1n) is 9.98. The lowest BCUT2D eigenvalue weighted by atomic mass is 9.99. The van der Waals surface area contributed by atoms with Crippen LogP contribution in [0.2, 0.25) is 0 Å². The summed E-state index contributed by atoms with van der Waals surface area (Å²) in [6.45, 7) is 2.08. The Balaban J connectivity index is 1.53. The highest BCUT2D eigenvalue weighted by atomic mass is 32.2. The van der Waals surface area contributed by atoms with E-state index < -0.39 is 11.0 Å². The lowest BCUT2D eigenvalue weighted by Gasteiger charge is -2.23. The van der Waals surface area contributed by atoms with Crippen LogP contribution >= 0.6 is 0 Å². The Hall–Kier alpha value is -2.37. The van der Waals surface area contributed by atoms with Crippen molar-refractivity contribution in [1.29, 1.82) is 0 Å². The molecule has 2 aliphatic rings. The minimum Gasteiger partial charge on any atom is -0.347 e. The van der Waals surface area contributed by atoms with E-state index in [0.717, 1.165) is 27.8 Å². The molecular weight excluding hydrogens is 366 g/mol. The zero-order valence-electron chi connectivity index (χ0n) is 16.1. The van der Waals surface area contributed by atoms with Crippen LogP contribution in [0.4, 0.5) is 0 Å². The molecule has 1 N–H and O–H groups in total. The Morgan fingerprint density at radius 3 is 2.82 bits per heavy atom. The number of hydrogen-bond donors (Lipinski definition) is 1. The van der Waals surface area contributed by atoms with Gasteiger partial charge in [-0.05, 0) is 55.2 Å². The summed E-state index contributed by atoms with van der Waals surface area (Å²) < 4.78 is 17.8. The van der Waals surface area contributed by atoms with Gasteiger partial charge < -0.3 is 9.88 Å². The van der Waals surface area contributed by atoms with E-state index in [9.17, 15) is 4.21 Å². The van der Waals surface area contributed by atoms with Gasteiger partial charge in [-0.15, -0.1) is 0 Å². The van der Waals surface area contributed by atoms with Crippen LogP contribution in [-0.4, -0.2) is 18.8 Å². The van der Waals surface area contributed by atoms with Crippen molar-refractivity contribution < 1.29 is 4.21 Å². The fourth-order valence-corrected chi connectivity index (χ4v) is 6.48. The Kier molecular flexibility index (Phi) is 3.44. The molecule has 0 saturated carbocycles. The maximum absolute atomic E-state index is 13.5. The van der Waals surface area contributed by atoms with Gasteiger partial charge in [-0.1, -0.05) is 18.2 Å². The highest BCUT2D eigenvalue weighted by Gasteiger charge is 2.35. The topological polar surface area (TPSA) is 39.0 Å². The maximum atomic E-state index is 13.5.